The number of rotatable bonds is 6. The average Bonchev–Trinajstić information content (AvgIpc) is 2.48. The van der Waals surface area contributed by atoms with Gasteiger partial charge in [0.05, 0.1) is 14.2 Å². The predicted octanol–water partition coefficient (Wildman–Crippen LogP) is 3.37. The molecule has 3 nitrogen and oxygen atoms in total. The average molecular weight is 284 g/mol. The van der Waals surface area contributed by atoms with E-state index in [1.54, 1.807) is 14.2 Å². The molecule has 21 heavy (non-hydrogen) atoms. The van der Waals surface area contributed by atoms with Gasteiger partial charge in [-0.05, 0) is 19.1 Å². The molecule has 0 aliphatic heterocycles. The number of carbonyl (C=O) groups excluding carboxylic acids is 1. The first-order valence-electron chi connectivity index (χ1n) is 6.91. The molecule has 0 aliphatic rings. The Morgan fingerprint density at radius 2 is 1.52 bits per heavy atom. The molecule has 2 rings (SSSR count). The van der Waals surface area contributed by atoms with Crippen molar-refractivity contribution in [2.24, 2.45) is 0 Å². The van der Waals surface area contributed by atoms with Gasteiger partial charge in [0.25, 0.3) is 0 Å². The van der Waals surface area contributed by atoms with E-state index in [2.05, 4.69) is 0 Å². The summed E-state index contributed by atoms with van der Waals surface area (Å²) in [5.74, 6) is 1.65. The highest BCUT2D eigenvalue weighted by molar-refractivity contribution is 5.84. The summed E-state index contributed by atoms with van der Waals surface area (Å²) in [6, 6.07) is 13.5. The summed E-state index contributed by atoms with van der Waals surface area (Å²) >= 11 is 0. The first kappa shape index (κ1) is 15.1. The molecule has 2 aromatic carbocycles. The number of para-hydroxylation sites is 1. The molecule has 0 spiro atoms. The van der Waals surface area contributed by atoms with E-state index in [1.165, 1.54) is 0 Å². The van der Waals surface area contributed by atoms with E-state index in [4.69, 9.17) is 9.47 Å². The van der Waals surface area contributed by atoms with Gasteiger partial charge in [-0.2, -0.15) is 0 Å². The number of ketones is 1. The minimum atomic E-state index is 0.142. The zero-order valence-corrected chi connectivity index (χ0v) is 12.7. The number of ether oxygens (including phenoxy) is 2. The van der Waals surface area contributed by atoms with E-state index in [-0.39, 0.29) is 5.78 Å². The monoisotopic (exact) mass is 284 g/mol. The molecule has 0 atom stereocenters. The maximum Gasteiger partial charge on any atom is 0.141 e. The highest BCUT2D eigenvalue weighted by atomic mass is 16.5. The topological polar surface area (TPSA) is 35.5 Å². The summed E-state index contributed by atoms with van der Waals surface area (Å²) in [5.41, 5.74) is 2.96. The normalized spacial score (nSPS) is 10.2. The van der Waals surface area contributed by atoms with Crippen molar-refractivity contribution >= 4 is 5.78 Å². The molecule has 110 valence electrons. The lowest BCUT2D eigenvalue weighted by Crippen LogP contribution is -2.08. The summed E-state index contributed by atoms with van der Waals surface area (Å²) in [7, 11) is 3.24. The standard InChI is InChI=1S/C18H20O3/c1-13-8-9-18(21-3)15(10-13)12-16(19)11-14-6-4-5-7-17(14)20-2/h4-10H,11-12H2,1-3H3. The lowest BCUT2D eigenvalue weighted by molar-refractivity contribution is -0.117. The van der Waals surface area contributed by atoms with Crippen LogP contribution < -0.4 is 9.47 Å². The molecule has 0 heterocycles. The lowest BCUT2D eigenvalue weighted by atomic mass is 10.0. The van der Waals surface area contributed by atoms with E-state index < -0.39 is 0 Å². The first-order valence-corrected chi connectivity index (χ1v) is 6.91. The van der Waals surface area contributed by atoms with Crippen molar-refractivity contribution in [3.05, 3.63) is 59.2 Å². The van der Waals surface area contributed by atoms with Crippen LogP contribution in [0.5, 0.6) is 11.5 Å². The molecule has 0 aromatic heterocycles. The molecule has 0 saturated carbocycles. The van der Waals surface area contributed by atoms with E-state index >= 15 is 0 Å². The van der Waals surface area contributed by atoms with Gasteiger partial charge in [0.2, 0.25) is 0 Å². The largest absolute Gasteiger partial charge is 0.496 e. The van der Waals surface area contributed by atoms with Crippen molar-refractivity contribution in [3.8, 4) is 11.5 Å². The third kappa shape index (κ3) is 3.85. The van der Waals surface area contributed by atoms with E-state index in [9.17, 15) is 4.79 Å². The van der Waals surface area contributed by atoms with Gasteiger partial charge in [-0.15, -0.1) is 0 Å². The van der Waals surface area contributed by atoms with Gasteiger partial charge in [0.15, 0.2) is 0 Å². The van der Waals surface area contributed by atoms with Crippen molar-refractivity contribution in [3.63, 3.8) is 0 Å². The van der Waals surface area contributed by atoms with Gasteiger partial charge in [-0.1, -0.05) is 35.9 Å². The molecule has 0 unspecified atom stereocenters. The Balaban J connectivity index is 2.13. The van der Waals surface area contributed by atoms with Gasteiger partial charge < -0.3 is 9.47 Å². The van der Waals surface area contributed by atoms with Crippen LogP contribution in [0, 0.1) is 6.92 Å². The Hall–Kier alpha value is -2.29. The minimum Gasteiger partial charge on any atom is -0.496 e. The zero-order chi connectivity index (χ0) is 15.2. The predicted molar refractivity (Wildman–Crippen MR) is 83.1 cm³/mol. The van der Waals surface area contributed by atoms with Crippen molar-refractivity contribution in [2.75, 3.05) is 14.2 Å². The van der Waals surface area contributed by atoms with Gasteiger partial charge in [-0.25, -0.2) is 0 Å². The summed E-state index contributed by atoms with van der Waals surface area (Å²) in [4.78, 5) is 12.3. The minimum absolute atomic E-state index is 0.142. The summed E-state index contributed by atoms with van der Waals surface area (Å²) in [5, 5.41) is 0. The fourth-order valence-electron chi connectivity index (χ4n) is 2.38. The Labute approximate surface area is 125 Å². The lowest BCUT2D eigenvalue weighted by Gasteiger charge is -2.10. The Morgan fingerprint density at radius 3 is 2.24 bits per heavy atom. The van der Waals surface area contributed by atoms with Crippen LogP contribution in [0.2, 0.25) is 0 Å². The second-order valence-electron chi connectivity index (χ2n) is 5.02. The third-order valence-corrected chi connectivity index (χ3v) is 3.40. The fourth-order valence-corrected chi connectivity index (χ4v) is 2.38. The molecule has 3 heteroatoms. The second-order valence-corrected chi connectivity index (χ2v) is 5.02. The number of hydrogen-bond acceptors (Lipinski definition) is 3. The molecule has 0 aliphatic carbocycles. The zero-order valence-electron chi connectivity index (χ0n) is 12.7. The van der Waals surface area contributed by atoms with Crippen LogP contribution in [0.25, 0.3) is 0 Å². The molecular formula is C18H20O3. The Kier molecular flexibility index (Phi) is 4.99. The van der Waals surface area contributed by atoms with Gasteiger partial charge in [0, 0.05) is 24.0 Å². The number of methoxy groups -OCH3 is 2. The Bertz CT molecular complexity index is 632. The molecule has 0 fully saturated rings. The van der Waals surface area contributed by atoms with Crippen LogP contribution in [0.15, 0.2) is 42.5 Å². The van der Waals surface area contributed by atoms with Crippen molar-refractivity contribution < 1.29 is 14.3 Å². The molecule has 0 N–H and O–H groups in total. The van der Waals surface area contributed by atoms with Crippen LogP contribution in [-0.4, -0.2) is 20.0 Å². The summed E-state index contributed by atoms with van der Waals surface area (Å²) < 4.78 is 10.6. The van der Waals surface area contributed by atoms with Crippen LogP contribution in [-0.2, 0) is 17.6 Å². The maximum atomic E-state index is 12.3. The van der Waals surface area contributed by atoms with Crippen LogP contribution in [0.4, 0.5) is 0 Å². The Morgan fingerprint density at radius 1 is 0.905 bits per heavy atom. The highest BCUT2D eigenvalue weighted by Crippen LogP contribution is 2.22. The number of carbonyl (C=O) groups is 1. The van der Waals surface area contributed by atoms with Crippen molar-refractivity contribution in [2.45, 2.75) is 19.8 Å². The van der Waals surface area contributed by atoms with Gasteiger partial charge in [-0.3, -0.25) is 4.79 Å². The molecule has 0 saturated heterocycles. The van der Waals surface area contributed by atoms with Crippen molar-refractivity contribution in [1.29, 1.82) is 0 Å². The SMILES string of the molecule is COc1ccccc1CC(=O)Cc1cc(C)ccc1OC. The van der Waals surface area contributed by atoms with Crippen LogP contribution >= 0.6 is 0 Å². The third-order valence-electron chi connectivity index (χ3n) is 3.40. The molecule has 0 radical (unpaired) electrons. The van der Waals surface area contributed by atoms with E-state index in [0.29, 0.717) is 12.8 Å². The number of benzene rings is 2. The molecule has 0 amide bonds. The highest BCUT2D eigenvalue weighted by Gasteiger charge is 2.12. The summed E-state index contributed by atoms with van der Waals surface area (Å²) in [6.07, 6.45) is 0.726. The van der Waals surface area contributed by atoms with Crippen LogP contribution in [0.3, 0.4) is 0 Å². The molecule has 0 bridgehead atoms. The first-order chi connectivity index (χ1) is 10.1. The number of Topliss-reactive ketones (excluding diaryl/α,β-unsaturated/α-hetero) is 1. The second kappa shape index (κ2) is 6.93. The van der Waals surface area contributed by atoms with E-state index in [0.717, 1.165) is 28.2 Å². The molecular weight excluding hydrogens is 264 g/mol. The number of aryl methyl sites for hydroxylation is 1. The quantitative estimate of drug-likeness (QED) is 0.816. The number of hydrogen-bond donors (Lipinski definition) is 0. The van der Waals surface area contributed by atoms with Crippen molar-refractivity contribution in [1.82, 2.24) is 0 Å². The summed E-state index contributed by atoms with van der Waals surface area (Å²) in [6.45, 7) is 2.01. The fraction of sp³-hybridized carbons (Fsp3) is 0.278. The van der Waals surface area contributed by atoms with E-state index in [1.807, 2.05) is 49.4 Å². The van der Waals surface area contributed by atoms with Crippen LogP contribution in [0.1, 0.15) is 16.7 Å². The van der Waals surface area contributed by atoms with Gasteiger partial charge in [0.1, 0.15) is 17.3 Å². The smallest absolute Gasteiger partial charge is 0.141 e. The van der Waals surface area contributed by atoms with Gasteiger partial charge >= 0.3 is 0 Å². The molecule has 2 aromatic rings. The maximum absolute atomic E-state index is 12.3.